The first-order valence-corrected chi connectivity index (χ1v) is 8.09. The lowest BCUT2D eigenvalue weighted by molar-refractivity contribution is -0.148. The van der Waals surface area contributed by atoms with Crippen molar-refractivity contribution in [2.24, 2.45) is 5.92 Å². The number of rotatable bonds is 6. The van der Waals surface area contributed by atoms with Gasteiger partial charge in [-0.2, -0.15) is 0 Å². The Bertz CT molecular complexity index is 693. The Hall–Kier alpha value is -1.98. The highest BCUT2D eigenvalue weighted by molar-refractivity contribution is 6.35. The molecule has 0 saturated heterocycles. The summed E-state index contributed by atoms with van der Waals surface area (Å²) >= 11 is 12.1. The number of halogens is 2. The molecular formula is C17H17Cl2NO4. The summed E-state index contributed by atoms with van der Waals surface area (Å²) in [4.78, 5) is 24.4. The van der Waals surface area contributed by atoms with E-state index in [4.69, 9.17) is 32.4 Å². The molecule has 2 rings (SSSR count). The predicted molar refractivity (Wildman–Crippen MR) is 91.1 cm³/mol. The number of ether oxygens (including phenoxy) is 1. The van der Waals surface area contributed by atoms with Crippen LogP contribution in [0.25, 0.3) is 0 Å². The van der Waals surface area contributed by atoms with Gasteiger partial charge in [-0.15, -0.1) is 0 Å². The summed E-state index contributed by atoms with van der Waals surface area (Å²) in [5.41, 5.74) is 0.522. The van der Waals surface area contributed by atoms with Crippen molar-refractivity contribution in [1.82, 2.24) is 5.32 Å². The molecule has 1 N–H and O–H groups in total. The molecule has 1 amide bonds. The number of furan rings is 1. The lowest BCUT2D eigenvalue weighted by Crippen LogP contribution is -2.45. The molecule has 1 heterocycles. The summed E-state index contributed by atoms with van der Waals surface area (Å²) in [5.74, 6) is -1.09. The summed E-state index contributed by atoms with van der Waals surface area (Å²) < 4.78 is 10.3. The Morgan fingerprint density at radius 3 is 2.38 bits per heavy atom. The van der Waals surface area contributed by atoms with E-state index in [9.17, 15) is 9.59 Å². The largest absolute Gasteiger partial charge is 0.459 e. The lowest BCUT2D eigenvalue weighted by atomic mass is 10.0. The van der Waals surface area contributed by atoms with Crippen molar-refractivity contribution < 1.29 is 18.7 Å². The highest BCUT2D eigenvalue weighted by Gasteiger charge is 2.27. The average molecular weight is 370 g/mol. The van der Waals surface area contributed by atoms with Gasteiger partial charge in [0.2, 0.25) is 0 Å². The van der Waals surface area contributed by atoms with E-state index in [1.54, 1.807) is 38.1 Å². The summed E-state index contributed by atoms with van der Waals surface area (Å²) in [6, 6.07) is 7.32. The van der Waals surface area contributed by atoms with Gasteiger partial charge in [-0.1, -0.05) is 43.1 Å². The minimum Gasteiger partial charge on any atom is -0.459 e. The predicted octanol–water partition coefficient (Wildman–Crippen LogP) is 4.08. The summed E-state index contributed by atoms with van der Waals surface area (Å²) in [6.45, 7) is 3.53. The van der Waals surface area contributed by atoms with Crippen molar-refractivity contribution in [1.29, 1.82) is 0 Å². The molecule has 128 valence electrons. The maximum absolute atomic E-state index is 12.3. The van der Waals surface area contributed by atoms with Crippen LogP contribution in [-0.4, -0.2) is 17.9 Å². The van der Waals surface area contributed by atoms with Crippen molar-refractivity contribution in [3.05, 3.63) is 58.0 Å². The van der Waals surface area contributed by atoms with E-state index >= 15 is 0 Å². The molecule has 1 aromatic heterocycles. The number of carbonyl (C=O) groups excluding carboxylic acids is 2. The van der Waals surface area contributed by atoms with E-state index in [1.807, 2.05) is 0 Å². The smallest absolute Gasteiger partial charge is 0.329 e. The van der Waals surface area contributed by atoms with Gasteiger partial charge < -0.3 is 14.5 Å². The molecule has 2 aromatic rings. The van der Waals surface area contributed by atoms with Crippen LogP contribution in [-0.2, 0) is 16.1 Å². The number of carbonyl (C=O) groups is 2. The molecule has 5 nitrogen and oxygen atoms in total. The van der Waals surface area contributed by atoms with Crippen LogP contribution in [0.2, 0.25) is 10.0 Å². The van der Waals surface area contributed by atoms with Crippen LogP contribution >= 0.6 is 23.2 Å². The molecule has 24 heavy (non-hydrogen) atoms. The van der Waals surface area contributed by atoms with Crippen LogP contribution in [0.5, 0.6) is 0 Å². The van der Waals surface area contributed by atoms with Gasteiger partial charge in [0.1, 0.15) is 12.6 Å². The second-order valence-corrected chi connectivity index (χ2v) is 6.29. The molecule has 0 saturated carbocycles. The van der Waals surface area contributed by atoms with Crippen molar-refractivity contribution >= 4 is 35.1 Å². The monoisotopic (exact) mass is 369 g/mol. The van der Waals surface area contributed by atoms with E-state index in [1.165, 1.54) is 12.3 Å². The third kappa shape index (κ3) is 4.52. The highest BCUT2D eigenvalue weighted by atomic mass is 35.5. The molecule has 1 unspecified atom stereocenters. The Labute approximate surface area is 149 Å². The number of hydrogen-bond acceptors (Lipinski definition) is 4. The molecule has 0 radical (unpaired) electrons. The zero-order valence-electron chi connectivity index (χ0n) is 13.2. The minimum atomic E-state index is -0.816. The van der Waals surface area contributed by atoms with Crippen molar-refractivity contribution in [3.63, 3.8) is 0 Å². The second kappa shape index (κ2) is 8.22. The maximum atomic E-state index is 12.3. The standard InChI is InChI=1S/C17H17Cl2NO4/c1-10(2)15(20-16(21)14-7-4-8-23-14)17(22)24-9-11-12(18)5-3-6-13(11)19/h3-8,10,15H,9H2,1-2H3,(H,20,21). The maximum Gasteiger partial charge on any atom is 0.329 e. The number of esters is 1. The summed E-state index contributed by atoms with van der Waals surface area (Å²) in [6.07, 6.45) is 1.39. The Morgan fingerprint density at radius 2 is 1.83 bits per heavy atom. The summed E-state index contributed by atoms with van der Waals surface area (Å²) in [5, 5.41) is 3.44. The zero-order chi connectivity index (χ0) is 17.7. The zero-order valence-corrected chi connectivity index (χ0v) is 14.7. The van der Waals surface area contributed by atoms with Gasteiger partial charge >= 0.3 is 5.97 Å². The van der Waals surface area contributed by atoms with Gasteiger partial charge in [0.05, 0.1) is 6.26 Å². The first-order valence-electron chi connectivity index (χ1n) is 7.34. The van der Waals surface area contributed by atoms with Crippen LogP contribution in [0, 0.1) is 5.92 Å². The van der Waals surface area contributed by atoms with E-state index < -0.39 is 17.9 Å². The molecule has 0 aliphatic carbocycles. The van der Waals surface area contributed by atoms with Crippen LogP contribution in [0.3, 0.4) is 0 Å². The minimum absolute atomic E-state index is 0.0722. The number of amides is 1. The molecule has 0 bridgehead atoms. The van der Waals surface area contributed by atoms with Gasteiger partial charge in [-0.3, -0.25) is 4.79 Å². The molecule has 0 aliphatic heterocycles. The van der Waals surface area contributed by atoms with E-state index in [-0.39, 0.29) is 18.3 Å². The Balaban J connectivity index is 2.03. The van der Waals surface area contributed by atoms with Gasteiger partial charge in [0.25, 0.3) is 5.91 Å². The van der Waals surface area contributed by atoms with Crippen LogP contribution in [0.1, 0.15) is 30.0 Å². The van der Waals surface area contributed by atoms with Gasteiger partial charge in [0, 0.05) is 15.6 Å². The average Bonchev–Trinajstić information content (AvgIpc) is 3.05. The third-order valence-electron chi connectivity index (χ3n) is 3.37. The fraction of sp³-hybridized carbons (Fsp3) is 0.294. The van der Waals surface area contributed by atoms with Crippen molar-refractivity contribution in [2.45, 2.75) is 26.5 Å². The summed E-state index contributed by atoms with van der Waals surface area (Å²) in [7, 11) is 0. The molecule has 1 aromatic carbocycles. The van der Waals surface area contributed by atoms with Crippen LogP contribution < -0.4 is 5.32 Å². The second-order valence-electron chi connectivity index (χ2n) is 5.48. The third-order valence-corrected chi connectivity index (χ3v) is 4.08. The fourth-order valence-corrected chi connectivity index (χ4v) is 2.53. The van der Waals surface area contributed by atoms with Crippen LogP contribution in [0.4, 0.5) is 0 Å². The first-order chi connectivity index (χ1) is 11.4. The number of benzene rings is 1. The number of hydrogen-bond donors (Lipinski definition) is 1. The molecular weight excluding hydrogens is 353 g/mol. The fourth-order valence-electron chi connectivity index (χ4n) is 2.02. The number of nitrogens with one attached hydrogen (secondary N) is 1. The molecule has 1 atom stereocenters. The lowest BCUT2D eigenvalue weighted by Gasteiger charge is -2.20. The van der Waals surface area contributed by atoms with Gasteiger partial charge in [0.15, 0.2) is 5.76 Å². The Kier molecular flexibility index (Phi) is 6.29. The van der Waals surface area contributed by atoms with Crippen molar-refractivity contribution in [3.8, 4) is 0 Å². The Morgan fingerprint density at radius 1 is 1.17 bits per heavy atom. The van der Waals surface area contributed by atoms with Crippen LogP contribution in [0.15, 0.2) is 41.0 Å². The highest BCUT2D eigenvalue weighted by Crippen LogP contribution is 2.25. The topological polar surface area (TPSA) is 68.5 Å². The normalized spacial score (nSPS) is 12.0. The van der Waals surface area contributed by atoms with E-state index in [2.05, 4.69) is 5.32 Å². The molecule has 7 heteroatoms. The van der Waals surface area contributed by atoms with Gasteiger partial charge in [-0.25, -0.2) is 4.79 Å². The SMILES string of the molecule is CC(C)C(NC(=O)c1ccco1)C(=O)OCc1c(Cl)cccc1Cl. The molecule has 0 fully saturated rings. The van der Waals surface area contributed by atoms with Gasteiger partial charge in [-0.05, 0) is 30.2 Å². The van der Waals surface area contributed by atoms with E-state index in [0.717, 1.165) is 0 Å². The molecule has 0 aliphatic rings. The van der Waals surface area contributed by atoms with E-state index in [0.29, 0.717) is 15.6 Å². The van der Waals surface area contributed by atoms with Crippen molar-refractivity contribution in [2.75, 3.05) is 0 Å². The molecule has 0 spiro atoms. The first kappa shape index (κ1) is 18.4. The quantitative estimate of drug-likeness (QED) is 0.778.